The number of hydrogen-bond donors (Lipinski definition) is 1. The molecule has 1 aromatic carbocycles. The van der Waals surface area contributed by atoms with Crippen LogP contribution in [0.25, 0.3) is 0 Å². The summed E-state index contributed by atoms with van der Waals surface area (Å²) in [5.41, 5.74) is 0.102. The molecular formula is C17H22FNO4. The van der Waals surface area contributed by atoms with Crippen molar-refractivity contribution >= 4 is 12.1 Å². The molecule has 6 heteroatoms. The average Bonchev–Trinajstić information content (AvgIpc) is 2.89. The summed E-state index contributed by atoms with van der Waals surface area (Å²) in [6, 6.07) is 5.80. The molecule has 0 aliphatic carbocycles. The summed E-state index contributed by atoms with van der Waals surface area (Å²) in [5.74, 6) is -1.41. The van der Waals surface area contributed by atoms with Crippen molar-refractivity contribution < 1.29 is 23.8 Å². The fraction of sp³-hybridized carbons (Fsp3) is 0.529. The van der Waals surface area contributed by atoms with Crippen LogP contribution in [0.4, 0.5) is 9.18 Å². The van der Waals surface area contributed by atoms with Crippen molar-refractivity contribution in [2.75, 3.05) is 13.2 Å². The van der Waals surface area contributed by atoms with E-state index in [0.717, 1.165) is 0 Å². The Labute approximate surface area is 135 Å². The average molecular weight is 323 g/mol. The number of aromatic carboxylic acids is 1. The van der Waals surface area contributed by atoms with Crippen LogP contribution in [0.3, 0.4) is 0 Å². The second kappa shape index (κ2) is 6.56. The van der Waals surface area contributed by atoms with Crippen molar-refractivity contribution in [1.82, 2.24) is 4.90 Å². The van der Waals surface area contributed by atoms with Gasteiger partial charge in [0.25, 0.3) is 0 Å². The molecule has 0 spiro atoms. The van der Waals surface area contributed by atoms with Crippen LogP contribution < -0.4 is 0 Å². The number of benzene rings is 1. The smallest absolute Gasteiger partial charge is 0.410 e. The molecule has 2 rings (SSSR count). The van der Waals surface area contributed by atoms with Gasteiger partial charge in [-0.2, -0.15) is 0 Å². The third-order valence-corrected chi connectivity index (χ3v) is 3.82. The van der Waals surface area contributed by atoms with Crippen LogP contribution in [-0.2, 0) is 4.74 Å². The largest absolute Gasteiger partial charge is 0.478 e. The van der Waals surface area contributed by atoms with Gasteiger partial charge >= 0.3 is 12.1 Å². The molecule has 1 aliphatic rings. The monoisotopic (exact) mass is 323 g/mol. The van der Waals surface area contributed by atoms with E-state index in [1.165, 1.54) is 17.0 Å². The molecule has 0 bridgehead atoms. The molecule has 2 atom stereocenters. The lowest BCUT2D eigenvalue weighted by atomic mass is 9.93. The molecule has 1 N–H and O–H groups in total. The van der Waals surface area contributed by atoms with E-state index in [4.69, 9.17) is 9.84 Å². The van der Waals surface area contributed by atoms with Crippen LogP contribution in [0.5, 0.6) is 0 Å². The molecule has 126 valence electrons. The number of ether oxygens (including phenoxy) is 1. The summed E-state index contributed by atoms with van der Waals surface area (Å²) < 4.78 is 18.8. The minimum Gasteiger partial charge on any atom is -0.478 e. The molecule has 5 nitrogen and oxygen atoms in total. The fourth-order valence-corrected chi connectivity index (χ4v) is 2.85. The van der Waals surface area contributed by atoms with Gasteiger partial charge in [0.15, 0.2) is 0 Å². The highest BCUT2D eigenvalue weighted by molar-refractivity contribution is 5.87. The van der Waals surface area contributed by atoms with Crippen molar-refractivity contribution in [3.8, 4) is 0 Å². The first-order chi connectivity index (χ1) is 10.7. The zero-order valence-corrected chi connectivity index (χ0v) is 13.6. The van der Waals surface area contributed by atoms with Gasteiger partial charge in [0, 0.05) is 12.5 Å². The zero-order chi connectivity index (χ0) is 17.2. The minimum atomic E-state index is -1.05. The number of nitrogens with zero attached hydrogens (tertiary/aromatic N) is 1. The number of carboxylic acids is 1. The van der Waals surface area contributed by atoms with Gasteiger partial charge < -0.3 is 14.7 Å². The Hall–Kier alpha value is -2.11. The number of halogens is 1. The molecule has 0 radical (unpaired) electrons. The highest BCUT2D eigenvalue weighted by Gasteiger charge is 2.40. The van der Waals surface area contributed by atoms with Crippen molar-refractivity contribution in [1.29, 1.82) is 0 Å². The van der Waals surface area contributed by atoms with E-state index in [-0.39, 0.29) is 11.5 Å². The molecule has 0 saturated carbocycles. The fourth-order valence-electron chi connectivity index (χ4n) is 2.85. The van der Waals surface area contributed by atoms with Crippen LogP contribution in [0.1, 0.15) is 49.2 Å². The lowest BCUT2D eigenvalue weighted by molar-refractivity contribution is 0.0200. The van der Waals surface area contributed by atoms with Crippen LogP contribution in [0, 0.1) is 5.92 Å². The van der Waals surface area contributed by atoms with Crippen molar-refractivity contribution in [3.05, 3.63) is 35.4 Å². The second-order valence-corrected chi connectivity index (χ2v) is 6.75. The van der Waals surface area contributed by atoms with E-state index in [9.17, 15) is 14.0 Å². The molecule has 2 unspecified atom stereocenters. The number of amides is 1. The SMILES string of the molecule is CC(C)(C)OC(=O)N1CCC(CF)C1c1cccc(C(=O)O)c1. The lowest BCUT2D eigenvalue weighted by Crippen LogP contribution is -2.37. The predicted molar refractivity (Wildman–Crippen MR) is 83.2 cm³/mol. The van der Waals surface area contributed by atoms with Gasteiger partial charge in [-0.15, -0.1) is 0 Å². The number of carboxylic acid groups (broad SMARTS) is 1. The Morgan fingerprint density at radius 3 is 2.65 bits per heavy atom. The molecule has 1 amide bonds. The molecule has 1 aromatic rings. The van der Waals surface area contributed by atoms with E-state index in [1.807, 2.05) is 0 Å². The van der Waals surface area contributed by atoms with Crippen molar-refractivity contribution in [2.24, 2.45) is 5.92 Å². The Morgan fingerprint density at radius 2 is 2.09 bits per heavy atom. The maximum absolute atomic E-state index is 13.4. The maximum atomic E-state index is 13.4. The molecule has 1 heterocycles. The van der Waals surface area contributed by atoms with Crippen molar-refractivity contribution in [2.45, 2.75) is 38.8 Å². The number of carbonyl (C=O) groups is 2. The molecule has 23 heavy (non-hydrogen) atoms. The highest BCUT2D eigenvalue weighted by atomic mass is 19.1. The van der Waals surface area contributed by atoms with E-state index in [1.54, 1.807) is 32.9 Å². The standard InChI is InChI=1S/C17H22FNO4/c1-17(2,3)23-16(22)19-8-7-13(10-18)14(19)11-5-4-6-12(9-11)15(20)21/h4-6,9,13-14H,7-8,10H2,1-3H3,(H,20,21). The van der Waals surface area contributed by atoms with Gasteiger partial charge in [0.1, 0.15) is 5.60 Å². The third kappa shape index (κ3) is 4.00. The molecule has 1 aliphatic heterocycles. The quantitative estimate of drug-likeness (QED) is 0.922. The topological polar surface area (TPSA) is 66.8 Å². The minimum absolute atomic E-state index is 0.121. The summed E-state index contributed by atoms with van der Waals surface area (Å²) >= 11 is 0. The first-order valence-corrected chi connectivity index (χ1v) is 7.62. The van der Waals surface area contributed by atoms with E-state index < -0.39 is 30.4 Å². The van der Waals surface area contributed by atoms with E-state index in [0.29, 0.717) is 18.5 Å². The summed E-state index contributed by atoms with van der Waals surface area (Å²) in [5, 5.41) is 9.12. The number of likely N-dealkylation sites (tertiary alicyclic amines) is 1. The first kappa shape index (κ1) is 17.2. The Kier molecular flexibility index (Phi) is 4.92. The van der Waals surface area contributed by atoms with Crippen LogP contribution in [0.2, 0.25) is 0 Å². The number of carbonyl (C=O) groups excluding carboxylic acids is 1. The molecule has 1 fully saturated rings. The summed E-state index contributed by atoms with van der Waals surface area (Å²) in [6.07, 6.45) is 0.0247. The Morgan fingerprint density at radius 1 is 1.39 bits per heavy atom. The molecular weight excluding hydrogens is 301 g/mol. The van der Waals surface area contributed by atoms with Crippen LogP contribution in [0.15, 0.2) is 24.3 Å². The predicted octanol–water partition coefficient (Wildman–Crippen LogP) is 3.65. The Bertz CT molecular complexity index is 597. The number of rotatable bonds is 3. The number of alkyl halides is 1. The highest BCUT2D eigenvalue weighted by Crippen LogP contribution is 2.38. The lowest BCUT2D eigenvalue weighted by Gasteiger charge is -2.30. The van der Waals surface area contributed by atoms with E-state index in [2.05, 4.69) is 0 Å². The summed E-state index contributed by atoms with van der Waals surface area (Å²) in [6.45, 7) is 5.14. The third-order valence-electron chi connectivity index (χ3n) is 3.82. The molecule has 0 aromatic heterocycles. The van der Waals surface area contributed by atoms with Gasteiger partial charge in [-0.25, -0.2) is 9.59 Å². The second-order valence-electron chi connectivity index (χ2n) is 6.75. The zero-order valence-electron chi connectivity index (χ0n) is 13.6. The first-order valence-electron chi connectivity index (χ1n) is 7.62. The van der Waals surface area contributed by atoms with Gasteiger partial charge in [-0.05, 0) is 44.9 Å². The Balaban J connectivity index is 2.32. The summed E-state index contributed by atoms with van der Waals surface area (Å²) in [7, 11) is 0. The summed E-state index contributed by atoms with van der Waals surface area (Å²) in [4.78, 5) is 25.0. The van der Waals surface area contributed by atoms with Crippen LogP contribution >= 0.6 is 0 Å². The van der Waals surface area contributed by atoms with Gasteiger partial charge in [-0.3, -0.25) is 4.39 Å². The maximum Gasteiger partial charge on any atom is 0.410 e. The van der Waals surface area contributed by atoms with Crippen molar-refractivity contribution in [3.63, 3.8) is 0 Å². The van der Waals surface area contributed by atoms with Crippen LogP contribution in [-0.4, -0.2) is 40.9 Å². The van der Waals surface area contributed by atoms with Gasteiger partial charge in [0.05, 0.1) is 18.3 Å². The van der Waals surface area contributed by atoms with Gasteiger partial charge in [-0.1, -0.05) is 12.1 Å². The number of hydrogen-bond acceptors (Lipinski definition) is 3. The normalized spacial score (nSPS) is 21.3. The van der Waals surface area contributed by atoms with Gasteiger partial charge in [0.2, 0.25) is 0 Å². The van der Waals surface area contributed by atoms with E-state index >= 15 is 0 Å². The molecule has 1 saturated heterocycles.